The smallest absolute Gasteiger partial charge is 0.232 e. The van der Waals surface area contributed by atoms with Gasteiger partial charge in [0.05, 0.1) is 23.9 Å². The summed E-state index contributed by atoms with van der Waals surface area (Å²) in [6.45, 7) is 1.99. The molecule has 0 aliphatic carbocycles. The van der Waals surface area contributed by atoms with Gasteiger partial charge in [-0.25, -0.2) is 8.42 Å². The van der Waals surface area contributed by atoms with E-state index in [2.05, 4.69) is 15.9 Å². The van der Waals surface area contributed by atoms with Crippen LogP contribution in [0.4, 0.5) is 0 Å². The first-order valence-electron chi connectivity index (χ1n) is 5.21. The summed E-state index contributed by atoms with van der Waals surface area (Å²) in [5, 5.41) is 0. The molecule has 1 unspecified atom stereocenters. The van der Waals surface area contributed by atoms with Crippen molar-refractivity contribution in [1.82, 2.24) is 0 Å². The number of rotatable bonds is 6. The molecule has 0 radical (unpaired) electrons. The van der Waals surface area contributed by atoms with Crippen LogP contribution in [-0.2, 0) is 9.05 Å². The molecule has 1 aromatic rings. The zero-order valence-corrected chi connectivity index (χ0v) is 13.2. The lowest BCUT2D eigenvalue weighted by Crippen LogP contribution is -2.16. The van der Waals surface area contributed by atoms with Crippen LogP contribution in [-0.4, -0.2) is 27.9 Å². The molecule has 0 spiro atoms. The Morgan fingerprint density at radius 3 is 2.67 bits per heavy atom. The number of halogens is 2. The molecule has 0 amide bonds. The Morgan fingerprint density at radius 1 is 1.44 bits per heavy atom. The normalized spacial score (nSPS) is 13.1. The third-order valence-electron chi connectivity index (χ3n) is 2.15. The van der Waals surface area contributed by atoms with Crippen LogP contribution < -0.4 is 9.47 Å². The summed E-state index contributed by atoms with van der Waals surface area (Å²) in [6, 6.07) is 5.41. The van der Waals surface area contributed by atoms with E-state index in [0.29, 0.717) is 11.5 Å². The standard InChI is InChI=1S/C11H14BrClO4S/c1-8(7-18(13,14)15)6-17-11-9(12)4-3-5-10(11)16-2/h3-5,8H,6-7H2,1-2H3. The zero-order valence-electron chi connectivity index (χ0n) is 10.0. The zero-order chi connectivity index (χ0) is 13.8. The van der Waals surface area contributed by atoms with Gasteiger partial charge in [-0.15, -0.1) is 0 Å². The van der Waals surface area contributed by atoms with Crippen molar-refractivity contribution in [3.8, 4) is 11.5 Å². The molecule has 0 saturated carbocycles. The number of ether oxygens (including phenoxy) is 2. The van der Waals surface area contributed by atoms with Gasteiger partial charge in [-0.05, 0) is 28.1 Å². The second kappa shape index (κ2) is 6.63. The van der Waals surface area contributed by atoms with E-state index in [1.807, 2.05) is 12.1 Å². The lowest BCUT2D eigenvalue weighted by Gasteiger charge is -2.15. The van der Waals surface area contributed by atoms with Gasteiger partial charge in [-0.3, -0.25) is 0 Å². The van der Waals surface area contributed by atoms with Gasteiger partial charge in [-0.2, -0.15) is 0 Å². The Kier molecular flexibility index (Phi) is 5.75. The summed E-state index contributed by atoms with van der Waals surface area (Å²) in [4.78, 5) is 0. The third kappa shape index (κ3) is 5.04. The quantitative estimate of drug-likeness (QED) is 0.734. The van der Waals surface area contributed by atoms with Crippen LogP contribution in [0.1, 0.15) is 6.92 Å². The minimum Gasteiger partial charge on any atom is -0.493 e. The molecule has 0 aliphatic rings. The second-order valence-corrected chi connectivity index (χ2v) is 7.57. The molecule has 1 aromatic carbocycles. The van der Waals surface area contributed by atoms with Crippen molar-refractivity contribution in [3.05, 3.63) is 22.7 Å². The van der Waals surface area contributed by atoms with E-state index in [1.54, 1.807) is 20.1 Å². The average Bonchev–Trinajstić information content (AvgIpc) is 2.24. The first kappa shape index (κ1) is 15.6. The highest BCUT2D eigenvalue weighted by atomic mass is 79.9. The Morgan fingerprint density at radius 2 is 2.11 bits per heavy atom. The molecule has 0 bridgehead atoms. The molecule has 0 fully saturated rings. The summed E-state index contributed by atoms with van der Waals surface area (Å²) in [7, 11) is 3.22. The lowest BCUT2D eigenvalue weighted by molar-refractivity contribution is 0.256. The maximum atomic E-state index is 10.9. The molecule has 18 heavy (non-hydrogen) atoms. The van der Waals surface area contributed by atoms with Crippen molar-refractivity contribution < 1.29 is 17.9 Å². The van der Waals surface area contributed by atoms with Gasteiger partial charge in [0.1, 0.15) is 0 Å². The molecule has 7 heteroatoms. The van der Waals surface area contributed by atoms with Gasteiger partial charge in [0.25, 0.3) is 0 Å². The Balaban J connectivity index is 2.69. The van der Waals surface area contributed by atoms with E-state index >= 15 is 0 Å². The number of hydrogen-bond acceptors (Lipinski definition) is 4. The molecule has 4 nitrogen and oxygen atoms in total. The molecule has 1 rings (SSSR count). The minimum atomic E-state index is -3.50. The van der Waals surface area contributed by atoms with Gasteiger partial charge in [-0.1, -0.05) is 13.0 Å². The maximum absolute atomic E-state index is 10.9. The molecule has 102 valence electrons. The second-order valence-electron chi connectivity index (χ2n) is 3.89. The molecule has 0 saturated heterocycles. The highest BCUT2D eigenvalue weighted by Crippen LogP contribution is 2.35. The summed E-state index contributed by atoms with van der Waals surface area (Å²) in [5.74, 6) is 0.815. The van der Waals surface area contributed by atoms with Crippen molar-refractivity contribution in [2.75, 3.05) is 19.5 Å². The SMILES string of the molecule is COc1cccc(Br)c1OCC(C)CS(=O)(=O)Cl. The first-order valence-corrected chi connectivity index (χ1v) is 8.48. The largest absolute Gasteiger partial charge is 0.493 e. The van der Waals surface area contributed by atoms with Crippen molar-refractivity contribution in [2.24, 2.45) is 5.92 Å². The predicted molar refractivity (Wildman–Crippen MR) is 75.0 cm³/mol. The van der Waals surface area contributed by atoms with Gasteiger partial charge in [0.2, 0.25) is 9.05 Å². The van der Waals surface area contributed by atoms with E-state index in [9.17, 15) is 8.42 Å². The van der Waals surface area contributed by atoms with E-state index in [4.69, 9.17) is 20.2 Å². The van der Waals surface area contributed by atoms with Crippen molar-refractivity contribution in [1.29, 1.82) is 0 Å². The van der Waals surface area contributed by atoms with E-state index in [-0.39, 0.29) is 18.3 Å². The van der Waals surface area contributed by atoms with Crippen molar-refractivity contribution in [2.45, 2.75) is 6.92 Å². The summed E-state index contributed by atoms with van der Waals surface area (Å²) in [5.41, 5.74) is 0. The van der Waals surface area contributed by atoms with Crippen LogP contribution in [0.15, 0.2) is 22.7 Å². The van der Waals surface area contributed by atoms with Crippen LogP contribution in [0.2, 0.25) is 0 Å². The summed E-state index contributed by atoms with van der Waals surface area (Å²) >= 11 is 3.35. The van der Waals surface area contributed by atoms with Crippen LogP contribution in [0, 0.1) is 5.92 Å². The van der Waals surface area contributed by atoms with Crippen LogP contribution in [0.5, 0.6) is 11.5 Å². The predicted octanol–water partition coefficient (Wildman–Crippen LogP) is 3.04. The molecule has 0 N–H and O–H groups in total. The number of para-hydroxylation sites is 1. The van der Waals surface area contributed by atoms with E-state index in [1.165, 1.54) is 0 Å². The Bertz CT molecular complexity index is 504. The number of methoxy groups -OCH3 is 1. The third-order valence-corrected chi connectivity index (χ3v) is 4.12. The van der Waals surface area contributed by atoms with Gasteiger partial charge >= 0.3 is 0 Å². The summed E-state index contributed by atoms with van der Waals surface area (Å²) < 4.78 is 33.3. The monoisotopic (exact) mass is 356 g/mol. The highest BCUT2D eigenvalue weighted by Gasteiger charge is 2.15. The van der Waals surface area contributed by atoms with Gasteiger partial charge in [0.15, 0.2) is 11.5 Å². The van der Waals surface area contributed by atoms with Gasteiger partial charge in [0, 0.05) is 16.6 Å². The molecule has 1 atom stereocenters. The number of hydrogen-bond donors (Lipinski definition) is 0. The fourth-order valence-electron chi connectivity index (χ4n) is 1.40. The van der Waals surface area contributed by atoms with E-state index in [0.717, 1.165) is 4.47 Å². The van der Waals surface area contributed by atoms with Gasteiger partial charge < -0.3 is 9.47 Å². The molecular formula is C11H14BrClO4S. The van der Waals surface area contributed by atoms with Crippen LogP contribution in [0.3, 0.4) is 0 Å². The highest BCUT2D eigenvalue weighted by molar-refractivity contribution is 9.10. The van der Waals surface area contributed by atoms with Crippen molar-refractivity contribution >= 4 is 35.7 Å². The number of benzene rings is 1. The molecular weight excluding hydrogens is 344 g/mol. The van der Waals surface area contributed by atoms with Crippen molar-refractivity contribution in [3.63, 3.8) is 0 Å². The Labute approximate surface area is 120 Å². The fourth-order valence-corrected chi connectivity index (χ4v) is 3.29. The topological polar surface area (TPSA) is 52.6 Å². The van der Waals surface area contributed by atoms with Crippen LogP contribution >= 0.6 is 26.6 Å². The summed E-state index contributed by atoms with van der Waals surface area (Å²) in [6.07, 6.45) is 0. The molecule has 0 aliphatic heterocycles. The average molecular weight is 358 g/mol. The lowest BCUT2D eigenvalue weighted by atomic mass is 10.2. The fraction of sp³-hybridized carbons (Fsp3) is 0.455. The minimum absolute atomic E-state index is 0.124. The Hall–Kier alpha value is -0.460. The first-order chi connectivity index (χ1) is 8.33. The van der Waals surface area contributed by atoms with E-state index < -0.39 is 9.05 Å². The molecule has 0 aromatic heterocycles. The maximum Gasteiger partial charge on any atom is 0.232 e. The molecule has 0 heterocycles. The van der Waals surface area contributed by atoms with Crippen LogP contribution in [0.25, 0.3) is 0 Å².